The number of methoxy groups -OCH3 is 1. The highest BCUT2D eigenvalue weighted by molar-refractivity contribution is 6.00. The lowest BCUT2D eigenvalue weighted by molar-refractivity contribution is -0.139. The molecule has 3 heterocycles. The van der Waals surface area contributed by atoms with Gasteiger partial charge in [-0.3, -0.25) is 14.5 Å². The van der Waals surface area contributed by atoms with E-state index >= 15 is 0 Å². The summed E-state index contributed by atoms with van der Waals surface area (Å²) in [6.07, 6.45) is 9.48. The first-order chi connectivity index (χ1) is 14.1. The summed E-state index contributed by atoms with van der Waals surface area (Å²) in [5, 5.41) is 0. The fraction of sp³-hybridized carbons (Fsp3) is 0.727. The number of hydrogen-bond acceptors (Lipinski definition) is 5. The Kier molecular flexibility index (Phi) is 6.13. The maximum Gasteiger partial charge on any atom is 0.249 e. The molecule has 0 aromatic carbocycles. The Morgan fingerprint density at radius 3 is 2.62 bits per heavy atom. The van der Waals surface area contributed by atoms with Crippen molar-refractivity contribution in [3.8, 4) is 0 Å². The number of carbonyl (C=O) groups excluding carboxylic acids is 2. The molecule has 1 saturated carbocycles. The number of fused-ring (bicyclic) bond motifs is 1. The number of anilines is 1. The third-order valence-corrected chi connectivity index (χ3v) is 6.65. The first kappa shape index (κ1) is 20.3. The number of nitrogens with zero attached hydrogens (tertiary/aromatic N) is 4. The van der Waals surface area contributed by atoms with Crippen LogP contribution in [0.5, 0.6) is 0 Å². The molecule has 1 aromatic rings. The van der Waals surface area contributed by atoms with Gasteiger partial charge < -0.3 is 9.64 Å². The van der Waals surface area contributed by atoms with E-state index in [-0.39, 0.29) is 24.5 Å². The van der Waals surface area contributed by atoms with Crippen LogP contribution in [0.3, 0.4) is 0 Å². The van der Waals surface area contributed by atoms with Crippen LogP contribution in [0.1, 0.15) is 74.5 Å². The van der Waals surface area contributed by atoms with Crippen LogP contribution in [-0.2, 0) is 20.7 Å². The number of rotatable bonds is 5. The van der Waals surface area contributed by atoms with Gasteiger partial charge in [-0.05, 0) is 44.9 Å². The van der Waals surface area contributed by atoms with Crippen molar-refractivity contribution in [2.75, 3.05) is 31.7 Å². The summed E-state index contributed by atoms with van der Waals surface area (Å²) in [5.41, 5.74) is 1.83. The number of aryl methyl sites for hydroxylation is 1. The number of aromatic nitrogens is 2. The standard InChI is InChI=1S/C22H32N4O3/c1-15-17-12-19(27)26(13-16-8-4-3-5-9-16)22(17)24-21(23-15)18-10-6-7-11-25(18)20(28)14-29-2/h16,18H,3-14H2,1-2H3/t18-/m1/s1. The van der Waals surface area contributed by atoms with E-state index in [0.29, 0.717) is 24.7 Å². The molecule has 158 valence electrons. The van der Waals surface area contributed by atoms with Gasteiger partial charge >= 0.3 is 0 Å². The molecular formula is C22H32N4O3. The Morgan fingerprint density at radius 2 is 1.86 bits per heavy atom. The van der Waals surface area contributed by atoms with E-state index in [1.807, 2.05) is 16.7 Å². The van der Waals surface area contributed by atoms with Gasteiger partial charge in [0.2, 0.25) is 11.8 Å². The Morgan fingerprint density at radius 1 is 1.10 bits per heavy atom. The maximum absolute atomic E-state index is 12.8. The molecule has 29 heavy (non-hydrogen) atoms. The van der Waals surface area contributed by atoms with Crippen LogP contribution < -0.4 is 4.90 Å². The van der Waals surface area contributed by atoms with Crippen LogP contribution in [0.15, 0.2) is 0 Å². The Hall–Kier alpha value is -2.02. The molecule has 0 N–H and O–H groups in total. The summed E-state index contributed by atoms with van der Waals surface area (Å²) in [4.78, 5) is 38.7. The number of hydrogen-bond donors (Lipinski definition) is 0. The molecule has 2 amide bonds. The maximum atomic E-state index is 12.8. The molecule has 1 saturated heterocycles. The van der Waals surface area contributed by atoms with E-state index in [1.165, 1.54) is 32.1 Å². The van der Waals surface area contributed by atoms with Gasteiger partial charge in [0.05, 0.1) is 12.5 Å². The van der Waals surface area contributed by atoms with E-state index in [1.54, 1.807) is 7.11 Å². The molecular weight excluding hydrogens is 368 g/mol. The van der Waals surface area contributed by atoms with Gasteiger partial charge in [0.15, 0.2) is 5.82 Å². The zero-order valence-electron chi connectivity index (χ0n) is 17.7. The van der Waals surface area contributed by atoms with Crippen molar-refractivity contribution in [3.05, 3.63) is 17.1 Å². The molecule has 0 spiro atoms. The number of piperidine rings is 1. The van der Waals surface area contributed by atoms with Crippen LogP contribution in [0, 0.1) is 12.8 Å². The van der Waals surface area contributed by atoms with Crippen molar-refractivity contribution in [3.63, 3.8) is 0 Å². The molecule has 2 fully saturated rings. The summed E-state index contributed by atoms with van der Waals surface area (Å²) >= 11 is 0. The third-order valence-electron chi connectivity index (χ3n) is 6.65. The topological polar surface area (TPSA) is 75.6 Å². The SMILES string of the molecule is COCC(=O)N1CCCC[C@@H]1c1nc(C)c2c(n1)N(CC1CCCCC1)C(=O)C2. The molecule has 3 aliphatic rings. The van der Waals surface area contributed by atoms with Crippen LogP contribution in [-0.4, -0.2) is 53.5 Å². The predicted molar refractivity (Wildman–Crippen MR) is 110 cm³/mol. The van der Waals surface area contributed by atoms with E-state index in [9.17, 15) is 9.59 Å². The van der Waals surface area contributed by atoms with E-state index in [0.717, 1.165) is 42.9 Å². The van der Waals surface area contributed by atoms with Gasteiger partial charge in [-0.25, -0.2) is 9.97 Å². The van der Waals surface area contributed by atoms with Gasteiger partial charge in [0.1, 0.15) is 12.4 Å². The highest BCUT2D eigenvalue weighted by atomic mass is 16.5. The number of ether oxygens (including phenoxy) is 1. The normalized spacial score (nSPS) is 22.8. The minimum atomic E-state index is -0.136. The quantitative estimate of drug-likeness (QED) is 0.760. The van der Waals surface area contributed by atoms with Crippen molar-refractivity contribution in [2.45, 2.75) is 70.8 Å². The fourth-order valence-electron chi connectivity index (χ4n) is 5.07. The van der Waals surface area contributed by atoms with Crippen LogP contribution >= 0.6 is 0 Å². The summed E-state index contributed by atoms with van der Waals surface area (Å²) in [6.45, 7) is 3.51. The van der Waals surface area contributed by atoms with Crippen LogP contribution in [0.4, 0.5) is 5.82 Å². The monoisotopic (exact) mass is 400 g/mol. The van der Waals surface area contributed by atoms with E-state index in [4.69, 9.17) is 14.7 Å². The highest BCUT2D eigenvalue weighted by Gasteiger charge is 2.36. The molecule has 1 aliphatic carbocycles. The lowest BCUT2D eigenvalue weighted by Gasteiger charge is -2.35. The van der Waals surface area contributed by atoms with E-state index in [2.05, 4.69) is 0 Å². The highest BCUT2D eigenvalue weighted by Crippen LogP contribution is 2.36. The van der Waals surface area contributed by atoms with Crippen molar-refractivity contribution < 1.29 is 14.3 Å². The van der Waals surface area contributed by atoms with Crippen LogP contribution in [0.25, 0.3) is 0 Å². The summed E-state index contributed by atoms with van der Waals surface area (Å²) in [7, 11) is 1.54. The second-order valence-corrected chi connectivity index (χ2v) is 8.69. The van der Waals surface area contributed by atoms with Crippen molar-refractivity contribution in [1.29, 1.82) is 0 Å². The molecule has 0 unspecified atom stereocenters. The Balaban J connectivity index is 1.62. The first-order valence-electron chi connectivity index (χ1n) is 11.0. The molecule has 2 aliphatic heterocycles. The van der Waals surface area contributed by atoms with Gasteiger partial charge in [-0.1, -0.05) is 19.3 Å². The van der Waals surface area contributed by atoms with E-state index < -0.39 is 0 Å². The van der Waals surface area contributed by atoms with Crippen LogP contribution in [0.2, 0.25) is 0 Å². The fourth-order valence-corrected chi connectivity index (χ4v) is 5.07. The molecule has 1 atom stereocenters. The van der Waals surface area contributed by atoms with Crippen molar-refractivity contribution >= 4 is 17.6 Å². The van der Waals surface area contributed by atoms with Gasteiger partial charge in [-0.15, -0.1) is 0 Å². The van der Waals surface area contributed by atoms with Gasteiger partial charge in [-0.2, -0.15) is 0 Å². The van der Waals surface area contributed by atoms with Gasteiger partial charge in [0.25, 0.3) is 0 Å². The largest absolute Gasteiger partial charge is 0.375 e. The van der Waals surface area contributed by atoms with Crippen molar-refractivity contribution in [2.24, 2.45) is 5.92 Å². The first-order valence-corrected chi connectivity index (χ1v) is 11.0. The molecule has 0 radical (unpaired) electrons. The Bertz CT molecular complexity index is 776. The number of carbonyl (C=O) groups is 2. The molecule has 0 bridgehead atoms. The molecule has 7 nitrogen and oxygen atoms in total. The molecule has 1 aromatic heterocycles. The number of amides is 2. The zero-order chi connectivity index (χ0) is 20.4. The summed E-state index contributed by atoms with van der Waals surface area (Å²) in [6, 6.07) is -0.136. The van der Waals surface area contributed by atoms with Crippen molar-refractivity contribution in [1.82, 2.24) is 14.9 Å². The molecule has 4 rings (SSSR count). The average Bonchev–Trinajstić information content (AvgIpc) is 3.05. The minimum absolute atomic E-state index is 0.0194. The second-order valence-electron chi connectivity index (χ2n) is 8.69. The summed E-state index contributed by atoms with van der Waals surface area (Å²) in [5.74, 6) is 2.14. The zero-order valence-corrected chi connectivity index (χ0v) is 17.7. The molecule has 7 heteroatoms. The second kappa shape index (κ2) is 8.78. The smallest absolute Gasteiger partial charge is 0.249 e. The third kappa shape index (κ3) is 4.15. The van der Waals surface area contributed by atoms with Gasteiger partial charge in [0, 0.05) is 31.5 Å². The summed E-state index contributed by atoms with van der Waals surface area (Å²) < 4.78 is 5.07. The lowest BCUT2D eigenvalue weighted by Crippen LogP contribution is -2.41. The minimum Gasteiger partial charge on any atom is -0.375 e. The average molecular weight is 401 g/mol. The predicted octanol–water partition coefficient (Wildman–Crippen LogP) is 2.95. The Labute approximate surface area is 172 Å². The lowest BCUT2D eigenvalue weighted by atomic mass is 9.89. The number of likely N-dealkylation sites (tertiary alicyclic amines) is 1.